The predicted octanol–water partition coefficient (Wildman–Crippen LogP) is 2.66. The van der Waals surface area contributed by atoms with E-state index in [1.54, 1.807) is 30.2 Å². The zero-order valence-electron chi connectivity index (χ0n) is 11.6. The molecule has 0 radical (unpaired) electrons. The van der Waals surface area contributed by atoms with Crippen molar-refractivity contribution in [3.8, 4) is 5.75 Å². The standard InChI is InChI=1S/C15H19NO3/c1-4-5-10(2)9-16-13-8-11(19-3)6-7-12(13)14(17)15(16)18/h6-8,10H,4-5,9H2,1-3H3. The summed E-state index contributed by atoms with van der Waals surface area (Å²) in [6, 6.07) is 5.14. The first-order valence-electron chi connectivity index (χ1n) is 6.62. The maximum absolute atomic E-state index is 12.0. The van der Waals surface area contributed by atoms with Gasteiger partial charge in [-0.3, -0.25) is 9.59 Å². The molecular weight excluding hydrogens is 242 g/mol. The van der Waals surface area contributed by atoms with Crippen LogP contribution in [0.4, 0.5) is 5.69 Å². The van der Waals surface area contributed by atoms with Gasteiger partial charge in [0.1, 0.15) is 5.75 Å². The summed E-state index contributed by atoms with van der Waals surface area (Å²) in [5.74, 6) is 0.195. The van der Waals surface area contributed by atoms with Crippen LogP contribution in [0, 0.1) is 5.92 Å². The largest absolute Gasteiger partial charge is 0.497 e. The van der Waals surface area contributed by atoms with Gasteiger partial charge >= 0.3 is 0 Å². The molecule has 1 aliphatic rings. The van der Waals surface area contributed by atoms with E-state index in [0.717, 1.165) is 12.8 Å². The molecule has 0 fully saturated rings. The Labute approximate surface area is 113 Å². The first kappa shape index (κ1) is 13.6. The summed E-state index contributed by atoms with van der Waals surface area (Å²) in [4.78, 5) is 25.5. The topological polar surface area (TPSA) is 46.6 Å². The molecule has 0 saturated heterocycles. The van der Waals surface area contributed by atoms with Crippen LogP contribution in [0.15, 0.2) is 18.2 Å². The molecule has 0 spiro atoms. The van der Waals surface area contributed by atoms with E-state index >= 15 is 0 Å². The Morgan fingerprint density at radius 3 is 2.68 bits per heavy atom. The van der Waals surface area contributed by atoms with Gasteiger partial charge in [-0.1, -0.05) is 20.3 Å². The Morgan fingerprint density at radius 1 is 1.32 bits per heavy atom. The van der Waals surface area contributed by atoms with Crippen LogP contribution in [-0.2, 0) is 4.79 Å². The zero-order chi connectivity index (χ0) is 14.0. The predicted molar refractivity (Wildman–Crippen MR) is 73.7 cm³/mol. The minimum absolute atomic E-state index is 0.374. The Balaban J connectivity index is 2.31. The Bertz CT molecular complexity index is 510. The molecule has 1 aromatic carbocycles. The molecule has 1 aromatic rings. The summed E-state index contributed by atoms with van der Waals surface area (Å²) in [6.45, 7) is 4.79. The maximum atomic E-state index is 12.0. The van der Waals surface area contributed by atoms with Crippen molar-refractivity contribution in [3.05, 3.63) is 23.8 Å². The monoisotopic (exact) mass is 261 g/mol. The fourth-order valence-corrected chi connectivity index (χ4v) is 2.48. The molecule has 0 saturated carbocycles. The number of rotatable bonds is 5. The average Bonchev–Trinajstić information content (AvgIpc) is 2.64. The fraction of sp³-hybridized carbons (Fsp3) is 0.467. The SMILES string of the molecule is CCCC(C)CN1C(=O)C(=O)c2ccc(OC)cc21. The lowest BCUT2D eigenvalue weighted by Gasteiger charge is -2.21. The highest BCUT2D eigenvalue weighted by atomic mass is 16.5. The van der Waals surface area contributed by atoms with Crippen molar-refractivity contribution in [2.45, 2.75) is 26.7 Å². The van der Waals surface area contributed by atoms with Gasteiger partial charge in [0.25, 0.3) is 11.7 Å². The van der Waals surface area contributed by atoms with Crippen molar-refractivity contribution in [2.75, 3.05) is 18.6 Å². The van der Waals surface area contributed by atoms with Crippen molar-refractivity contribution in [1.82, 2.24) is 0 Å². The van der Waals surface area contributed by atoms with E-state index in [9.17, 15) is 9.59 Å². The van der Waals surface area contributed by atoms with Crippen LogP contribution >= 0.6 is 0 Å². The lowest BCUT2D eigenvalue weighted by Crippen LogP contribution is -2.33. The van der Waals surface area contributed by atoms with Crippen molar-refractivity contribution < 1.29 is 14.3 Å². The quantitative estimate of drug-likeness (QED) is 0.765. The van der Waals surface area contributed by atoms with Crippen LogP contribution in [0.2, 0.25) is 0 Å². The maximum Gasteiger partial charge on any atom is 0.299 e. The zero-order valence-corrected chi connectivity index (χ0v) is 11.6. The number of nitrogens with zero attached hydrogens (tertiary/aromatic N) is 1. The van der Waals surface area contributed by atoms with Gasteiger partial charge in [-0.05, 0) is 24.5 Å². The molecule has 4 heteroatoms. The second-order valence-electron chi connectivity index (χ2n) is 5.02. The first-order valence-corrected chi connectivity index (χ1v) is 6.62. The number of carbonyl (C=O) groups excluding carboxylic acids is 2. The van der Waals surface area contributed by atoms with Crippen LogP contribution in [-0.4, -0.2) is 25.3 Å². The third-order valence-corrected chi connectivity index (χ3v) is 3.46. The summed E-state index contributed by atoms with van der Waals surface area (Å²) in [5, 5.41) is 0. The van der Waals surface area contributed by atoms with Crippen LogP contribution in [0.1, 0.15) is 37.0 Å². The lowest BCUT2D eigenvalue weighted by molar-refractivity contribution is -0.114. The molecule has 1 heterocycles. The average molecular weight is 261 g/mol. The van der Waals surface area contributed by atoms with E-state index in [0.29, 0.717) is 29.5 Å². The summed E-state index contributed by atoms with van der Waals surface area (Å²) >= 11 is 0. The van der Waals surface area contributed by atoms with E-state index in [2.05, 4.69) is 13.8 Å². The summed E-state index contributed by atoms with van der Waals surface area (Å²) in [7, 11) is 1.57. The van der Waals surface area contributed by atoms with E-state index < -0.39 is 11.7 Å². The molecule has 4 nitrogen and oxygen atoms in total. The van der Waals surface area contributed by atoms with Crippen molar-refractivity contribution in [3.63, 3.8) is 0 Å². The number of hydrogen-bond acceptors (Lipinski definition) is 3. The number of ether oxygens (including phenoxy) is 1. The molecule has 0 N–H and O–H groups in total. The number of Topliss-reactive ketones (excluding diaryl/α,β-unsaturated/α-hetero) is 1. The molecule has 1 atom stereocenters. The van der Waals surface area contributed by atoms with Gasteiger partial charge in [0.15, 0.2) is 0 Å². The molecule has 2 rings (SSSR count). The molecular formula is C15H19NO3. The molecule has 1 amide bonds. The van der Waals surface area contributed by atoms with Crippen molar-refractivity contribution in [1.29, 1.82) is 0 Å². The number of ketones is 1. The molecule has 0 bridgehead atoms. The number of fused-ring (bicyclic) bond motifs is 1. The van der Waals surface area contributed by atoms with E-state index in [4.69, 9.17) is 4.74 Å². The highest BCUT2D eigenvalue weighted by Crippen LogP contribution is 2.33. The number of hydrogen-bond donors (Lipinski definition) is 0. The van der Waals surface area contributed by atoms with Gasteiger partial charge in [-0.2, -0.15) is 0 Å². The fourth-order valence-electron chi connectivity index (χ4n) is 2.48. The first-order chi connectivity index (χ1) is 9.08. The van der Waals surface area contributed by atoms with Gasteiger partial charge in [0.2, 0.25) is 0 Å². The van der Waals surface area contributed by atoms with Crippen molar-refractivity contribution >= 4 is 17.4 Å². The van der Waals surface area contributed by atoms with E-state index in [1.165, 1.54) is 0 Å². The third kappa shape index (κ3) is 2.48. The second-order valence-corrected chi connectivity index (χ2v) is 5.02. The highest BCUT2D eigenvalue weighted by molar-refractivity contribution is 6.52. The molecule has 102 valence electrons. The minimum atomic E-state index is -0.425. The third-order valence-electron chi connectivity index (χ3n) is 3.46. The highest BCUT2D eigenvalue weighted by Gasteiger charge is 2.36. The second kappa shape index (κ2) is 5.43. The van der Waals surface area contributed by atoms with Gasteiger partial charge < -0.3 is 9.64 Å². The normalized spacial score (nSPS) is 15.6. The van der Waals surface area contributed by atoms with Crippen molar-refractivity contribution in [2.24, 2.45) is 5.92 Å². The van der Waals surface area contributed by atoms with Crippen LogP contribution in [0.3, 0.4) is 0 Å². The number of benzene rings is 1. The minimum Gasteiger partial charge on any atom is -0.497 e. The van der Waals surface area contributed by atoms with Crippen LogP contribution in [0.25, 0.3) is 0 Å². The molecule has 0 aliphatic carbocycles. The van der Waals surface area contributed by atoms with E-state index in [-0.39, 0.29) is 0 Å². The Kier molecular flexibility index (Phi) is 3.88. The summed E-state index contributed by atoms with van der Waals surface area (Å²) in [5.41, 5.74) is 1.16. The summed E-state index contributed by atoms with van der Waals surface area (Å²) in [6.07, 6.45) is 2.11. The lowest BCUT2D eigenvalue weighted by atomic mass is 10.1. The van der Waals surface area contributed by atoms with Gasteiger partial charge in [0, 0.05) is 12.6 Å². The molecule has 19 heavy (non-hydrogen) atoms. The molecule has 0 aromatic heterocycles. The van der Waals surface area contributed by atoms with Gasteiger partial charge in [0.05, 0.1) is 18.4 Å². The number of methoxy groups -OCH3 is 1. The Hall–Kier alpha value is -1.84. The smallest absolute Gasteiger partial charge is 0.299 e. The molecule has 1 unspecified atom stereocenters. The van der Waals surface area contributed by atoms with Crippen LogP contribution < -0.4 is 9.64 Å². The van der Waals surface area contributed by atoms with Crippen LogP contribution in [0.5, 0.6) is 5.75 Å². The van der Waals surface area contributed by atoms with Gasteiger partial charge in [-0.15, -0.1) is 0 Å². The Morgan fingerprint density at radius 2 is 2.05 bits per heavy atom. The molecule has 1 aliphatic heterocycles. The number of carbonyl (C=O) groups is 2. The van der Waals surface area contributed by atoms with E-state index in [1.807, 2.05) is 0 Å². The number of anilines is 1. The summed E-state index contributed by atoms with van der Waals surface area (Å²) < 4.78 is 5.16. The van der Waals surface area contributed by atoms with Gasteiger partial charge in [-0.25, -0.2) is 0 Å². The number of amides is 1.